The van der Waals surface area contributed by atoms with E-state index >= 15 is 0 Å². The quantitative estimate of drug-likeness (QED) is 0.807. The second-order valence-corrected chi connectivity index (χ2v) is 9.12. The Bertz CT molecular complexity index is 1130. The van der Waals surface area contributed by atoms with Crippen LogP contribution in [0.15, 0.2) is 51.8 Å². The van der Waals surface area contributed by atoms with E-state index in [4.69, 9.17) is 0 Å². The molecule has 2 aromatic carbocycles. The number of amides is 1. The molecule has 0 bridgehead atoms. The van der Waals surface area contributed by atoms with Crippen molar-refractivity contribution in [2.75, 3.05) is 13.1 Å². The van der Waals surface area contributed by atoms with Crippen molar-refractivity contribution in [3.63, 3.8) is 0 Å². The Kier molecular flexibility index (Phi) is 5.31. The summed E-state index contributed by atoms with van der Waals surface area (Å²) >= 11 is 0. The molecular formula is C21H21F2N3O3S. The number of nitrogens with zero attached hydrogens (tertiary/aromatic N) is 2. The number of rotatable bonds is 3. The summed E-state index contributed by atoms with van der Waals surface area (Å²) in [6, 6.07) is 9.40. The van der Waals surface area contributed by atoms with Crippen molar-refractivity contribution < 1.29 is 22.0 Å². The lowest BCUT2D eigenvalue weighted by molar-refractivity contribution is -0.126. The van der Waals surface area contributed by atoms with E-state index in [1.54, 1.807) is 25.1 Å². The Balaban J connectivity index is 1.40. The van der Waals surface area contributed by atoms with Crippen LogP contribution in [0.3, 0.4) is 0 Å². The van der Waals surface area contributed by atoms with Gasteiger partial charge < -0.3 is 10.2 Å². The molecule has 0 saturated carbocycles. The van der Waals surface area contributed by atoms with Gasteiger partial charge in [-0.15, -0.1) is 4.40 Å². The van der Waals surface area contributed by atoms with E-state index in [2.05, 4.69) is 9.71 Å². The lowest BCUT2D eigenvalue weighted by atomic mass is 9.94. The minimum absolute atomic E-state index is 0.202. The Labute approximate surface area is 173 Å². The van der Waals surface area contributed by atoms with Gasteiger partial charge in [-0.05, 0) is 38.0 Å². The summed E-state index contributed by atoms with van der Waals surface area (Å²) in [5.74, 6) is -1.42. The van der Waals surface area contributed by atoms with Crippen LogP contribution in [0.5, 0.6) is 0 Å². The number of carbonyl (C=O) groups excluding carboxylic acids is 1. The highest BCUT2D eigenvalue weighted by molar-refractivity contribution is 7.90. The van der Waals surface area contributed by atoms with Crippen LogP contribution in [0.1, 0.15) is 36.9 Å². The first-order valence-electron chi connectivity index (χ1n) is 9.71. The molecule has 158 valence electrons. The zero-order valence-corrected chi connectivity index (χ0v) is 17.1. The fraction of sp³-hybridized carbons (Fsp3) is 0.333. The van der Waals surface area contributed by atoms with Crippen molar-refractivity contribution in [1.29, 1.82) is 0 Å². The van der Waals surface area contributed by atoms with Gasteiger partial charge in [0.1, 0.15) is 16.5 Å². The Morgan fingerprint density at radius 3 is 2.57 bits per heavy atom. The van der Waals surface area contributed by atoms with Gasteiger partial charge in [0.15, 0.2) is 5.84 Å². The van der Waals surface area contributed by atoms with E-state index in [1.165, 1.54) is 12.1 Å². The standard InChI is InChI=1S/C21H21F2N3O3S/c1-13(16-7-6-15(22)12-18(16)23)24-21(27)14-8-10-26(11-9-14)20-17-4-2-3-5-19(17)30(28,29)25-20/h2-7,12-14H,8-11H2,1H3,(H,24,27). The number of fused-ring (bicyclic) bond motifs is 1. The highest BCUT2D eigenvalue weighted by Gasteiger charge is 2.34. The Morgan fingerprint density at radius 1 is 1.17 bits per heavy atom. The average molecular weight is 433 g/mol. The lowest BCUT2D eigenvalue weighted by Crippen LogP contribution is -2.43. The van der Waals surface area contributed by atoms with Gasteiger partial charge in [-0.3, -0.25) is 4.79 Å². The fourth-order valence-corrected chi connectivity index (χ4v) is 5.16. The van der Waals surface area contributed by atoms with Crippen molar-refractivity contribution in [3.05, 3.63) is 65.2 Å². The van der Waals surface area contributed by atoms with Crippen LogP contribution in [0.4, 0.5) is 8.78 Å². The van der Waals surface area contributed by atoms with Crippen molar-refractivity contribution in [1.82, 2.24) is 10.2 Å². The molecule has 1 unspecified atom stereocenters. The number of nitrogens with one attached hydrogen (secondary N) is 1. The van der Waals surface area contributed by atoms with Gasteiger partial charge in [0.2, 0.25) is 5.91 Å². The molecule has 4 rings (SSSR count). The lowest BCUT2D eigenvalue weighted by Gasteiger charge is -2.33. The van der Waals surface area contributed by atoms with E-state index in [1.807, 2.05) is 4.90 Å². The van der Waals surface area contributed by atoms with Crippen molar-refractivity contribution >= 4 is 21.8 Å². The molecule has 0 aromatic heterocycles. The minimum Gasteiger partial charge on any atom is -0.355 e. The molecule has 1 atom stereocenters. The number of benzene rings is 2. The van der Waals surface area contributed by atoms with Crippen LogP contribution < -0.4 is 5.32 Å². The molecule has 2 heterocycles. The number of amidine groups is 1. The molecule has 0 radical (unpaired) electrons. The SMILES string of the molecule is CC(NC(=O)C1CCN(C2=NS(=O)(=O)c3ccccc32)CC1)c1ccc(F)cc1F. The van der Waals surface area contributed by atoms with Crippen molar-refractivity contribution in [2.24, 2.45) is 10.3 Å². The molecule has 1 saturated heterocycles. The van der Waals surface area contributed by atoms with Crippen LogP contribution in [0, 0.1) is 17.6 Å². The molecule has 2 aliphatic rings. The molecule has 2 aliphatic heterocycles. The van der Waals surface area contributed by atoms with Crippen molar-refractivity contribution in [3.8, 4) is 0 Å². The average Bonchev–Trinajstić information content (AvgIpc) is 2.99. The van der Waals surface area contributed by atoms with Gasteiger partial charge in [0, 0.05) is 36.2 Å². The molecule has 1 amide bonds. The summed E-state index contributed by atoms with van der Waals surface area (Å²) in [6.07, 6.45) is 1.04. The van der Waals surface area contributed by atoms with Gasteiger partial charge in [-0.1, -0.05) is 18.2 Å². The predicted molar refractivity (Wildman–Crippen MR) is 107 cm³/mol. The minimum atomic E-state index is -3.68. The molecule has 0 aliphatic carbocycles. The van der Waals surface area contributed by atoms with Crippen LogP contribution in [0.2, 0.25) is 0 Å². The molecule has 6 nitrogen and oxygen atoms in total. The normalized spacial score (nSPS) is 19.2. The topological polar surface area (TPSA) is 78.8 Å². The molecular weight excluding hydrogens is 412 g/mol. The van der Waals surface area contributed by atoms with Crippen molar-refractivity contribution in [2.45, 2.75) is 30.7 Å². The fourth-order valence-electron chi connectivity index (χ4n) is 3.93. The molecule has 1 N–H and O–H groups in total. The first-order valence-corrected chi connectivity index (χ1v) is 11.1. The Morgan fingerprint density at radius 2 is 1.87 bits per heavy atom. The third-order valence-corrected chi connectivity index (χ3v) is 6.89. The molecule has 9 heteroatoms. The summed E-state index contributed by atoms with van der Waals surface area (Å²) in [5.41, 5.74) is 0.810. The van der Waals surface area contributed by atoms with Crippen LogP contribution >= 0.6 is 0 Å². The number of piperidine rings is 1. The highest BCUT2D eigenvalue weighted by Crippen LogP contribution is 2.30. The third-order valence-electron chi connectivity index (χ3n) is 5.57. The summed E-state index contributed by atoms with van der Waals surface area (Å²) in [4.78, 5) is 14.7. The number of hydrogen-bond donors (Lipinski definition) is 1. The third kappa shape index (κ3) is 3.81. The number of hydrogen-bond acceptors (Lipinski definition) is 4. The summed E-state index contributed by atoms with van der Waals surface area (Å²) in [5, 5.41) is 2.79. The predicted octanol–water partition coefficient (Wildman–Crippen LogP) is 3.00. The summed E-state index contributed by atoms with van der Waals surface area (Å²) in [7, 11) is -3.68. The van der Waals surface area contributed by atoms with E-state index in [9.17, 15) is 22.0 Å². The van der Waals surface area contributed by atoms with Crippen LogP contribution in [-0.4, -0.2) is 38.2 Å². The summed E-state index contributed by atoms with van der Waals surface area (Å²) in [6.45, 7) is 2.62. The second kappa shape index (κ2) is 7.79. The summed E-state index contributed by atoms with van der Waals surface area (Å²) < 4.78 is 55.5. The first kappa shape index (κ1) is 20.5. The number of sulfonamides is 1. The van der Waals surface area contributed by atoms with E-state index < -0.39 is 27.7 Å². The monoisotopic (exact) mass is 433 g/mol. The maximum absolute atomic E-state index is 13.9. The zero-order valence-electron chi connectivity index (χ0n) is 16.3. The largest absolute Gasteiger partial charge is 0.355 e. The molecule has 1 fully saturated rings. The van der Waals surface area contributed by atoms with Gasteiger partial charge in [0.05, 0.1) is 6.04 Å². The highest BCUT2D eigenvalue weighted by atomic mass is 32.2. The molecule has 30 heavy (non-hydrogen) atoms. The number of halogens is 2. The first-order chi connectivity index (χ1) is 14.3. The van der Waals surface area contributed by atoms with Crippen LogP contribution in [-0.2, 0) is 14.8 Å². The second-order valence-electron chi connectivity index (χ2n) is 7.54. The smallest absolute Gasteiger partial charge is 0.285 e. The zero-order chi connectivity index (χ0) is 21.5. The van der Waals surface area contributed by atoms with Gasteiger partial charge in [0.25, 0.3) is 10.0 Å². The Hall–Kier alpha value is -2.81. The maximum Gasteiger partial charge on any atom is 0.285 e. The number of carbonyl (C=O) groups is 1. The van der Waals surface area contributed by atoms with E-state index in [0.717, 1.165) is 12.1 Å². The molecule has 0 spiro atoms. The van der Waals surface area contributed by atoms with E-state index in [0.29, 0.717) is 37.3 Å². The van der Waals surface area contributed by atoms with Crippen LogP contribution in [0.25, 0.3) is 0 Å². The maximum atomic E-state index is 13.9. The van der Waals surface area contributed by atoms with Gasteiger partial charge in [-0.2, -0.15) is 8.42 Å². The van der Waals surface area contributed by atoms with Gasteiger partial charge >= 0.3 is 0 Å². The van der Waals surface area contributed by atoms with Gasteiger partial charge in [-0.25, -0.2) is 8.78 Å². The van der Waals surface area contributed by atoms with E-state index in [-0.39, 0.29) is 22.3 Å². The molecule has 2 aromatic rings. The number of likely N-dealkylation sites (tertiary alicyclic amines) is 1.